The molecule has 2 nitrogen and oxygen atoms in total. The van der Waals surface area contributed by atoms with E-state index in [0.717, 1.165) is 24.7 Å². The Bertz CT molecular complexity index is 422. The third kappa shape index (κ3) is 7.29. The zero-order valence-corrected chi connectivity index (χ0v) is 15.7. The number of aromatic nitrogens is 1. The summed E-state index contributed by atoms with van der Waals surface area (Å²) < 4.78 is 0. The van der Waals surface area contributed by atoms with Crippen LogP contribution in [0.25, 0.3) is 0 Å². The van der Waals surface area contributed by atoms with E-state index in [0.29, 0.717) is 0 Å². The van der Waals surface area contributed by atoms with Crippen LogP contribution in [-0.4, -0.2) is 19.1 Å². The molecule has 126 valence electrons. The Kier molecular flexibility index (Phi) is 8.52. The minimum absolute atomic E-state index is 0.786. The molecule has 0 fully saturated rings. The van der Waals surface area contributed by atoms with Crippen molar-refractivity contribution in [3.05, 3.63) is 23.4 Å². The molecule has 2 heteroatoms. The normalized spacial score (nSPS) is 11.5. The standard InChI is InChI=1S/C20H36N2/c1-16(2)10-7-8-12-18-14-15-19(13-9-11-17(3)4)21-20(18)22(5)6/h14-17H,7-13H2,1-6H3. The number of nitrogens with zero attached hydrogens (tertiary/aromatic N) is 2. The van der Waals surface area contributed by atoms with Crippen LogP contribution in [0.2, 0.25) is 0 Å². The van der Waals surface area contributed by atoms with Crippen molar-refractivity contribution in [3.63, 3.8) is 0 Å². The van der Waals surface area contributed by atoms with Crippen molar-refractivity contribution in [2.24, 2.45) is 11.8 Å². The third-order valence-corrected chi connectivity index (χ3v) is 4.13. The molecule has 0 saturated carbocycles. The van der Waals surface area contributed by atoms with Gasteiger partial charge in [-0.25, -0.2) is 4.98 Å². The first-order valence-electron chi connectivity index (χ1n) is 9.06. The minimum Gasteiger partial charge on any atom is -0.363 e. The molecule has 1 heterocycles. The van der Waals surface area contributed by atoms with Crippen LogP contribution in [0, 0.1) is 11.8 Å². The van der Waals surface area contributed by atoms with Crippen LogP contribution in [0.15, 0.2) is 12.1 Å². The van der Waals surface area contributed by atoms with Gasteiger partial charge in [0, 0.05) is 19.8 Å². The van der Waals surface area contributed by atoms with Gasteiger partial charge in [-0.05, 0) is 49.1 Å². The number of unbranched alkanes of at least 4 members (excludes halogenated alkanes) is 1. The van der Waals surface area contributed by atoms with Crippen LogP contribution < -0.4 is 4.90 Å². The van der Waals surface area contributed by atoms with Crippen LogP contribution in [0.4, 0.5) is 5.82 Å². The maximum Gasteiger partial charge on any atom is 0.131 e. The molecule has 0 atom stereocenters. The quantitative estimate of drug-likeness (QED) is 0.531. The lowest BCUT2D eigenvalue weighted by Gasteiger charge is -2.18. The van der Waals surface area contributed by atoms with Crippen LogP contribution >= 0.6 is 0 Å². The molecular weight excluding hydrogens is 268 g/mol. The zero-order valence-electron chi connectivity index (χ0n) is 15.7. The summed E-state index contributed by atoms with van der Waals surface area (Å²) in [6.07, 6.45) is 8.71. The van der Waals surface area contributed by atoms with Gasteiger partial charge in [0.2, 0.25) is 0 Å². The Morgan fingerprint density at radius 2 is 1.50 bits per heavy atom. The van der Waals surface area contributed by atoms with Crippen LogP contribution in [-0.2, 0) is 12.8 Å². The van der Waals surface area contributed by atoms with Crippen LogP contribution in [0.5, 0.6) is 0 Å². The second kappa shape index (κ2) is 9.86. The van der Waals surface area contributed by atoms with E-state index in [1.807, 2.05) is 0 Å². The van der Waals surface area contributed by atoms with Gasteiger partial charge in [0.25, 0.3) is 0 Å². The van der Waals surface area contributed by atoms with Gasteiger partial charge in [-0.15, -0.1) is 0 Å². The molecule has 1 aromatic heterocycles. The summed E-state index contributed by atoms with van der Waals surface area (Å²) in [6.45, 7) is 9.19. The molecule has 0 aliphatic heterocycles. The van der Waals surface area contributed by atoms with Crippen molar-refractivity contribution in [2.75, 3.05) is 19.0 Å². The summed E-state index contributed by atoms with van der Waals surface area (Å²) in [7, 11) is 4.22. The SMILES string of the molecule is CC(C)CCCCc1ccc(CCCC(C)C)nc1N(C)C. The Morgan fingerprint density at radius 3 is 2.09 bits per heavy atom. The van der Waals surface area contributed by atoms with E-state index in [4.69, 9.17) is 4.98 Å². The lowest BCUT2D eigenvalue weighted by molar-refractivity contribution is 0.537. The molecule has 0 N–H and O–H groups in total. The fourth-order valence-electron chi connectivity index (χ4n) is 2.80. The topological polar surface area (TPSA) is 16.1 Å². The van der Waals surface area contributed by atoms with E-state index < -0.39 is 0 Å². The monoisotopic (exact) mass is 304 g/mol. The maximum absolute atomic E-state index is 4.91. The Hall–Kier alpha value is -1.05. The molecule has 0 aliphatic rings. The molecule has 0 bridgehead atoms. The van der Waals surface area contributed by atoms with E-state index >= 15 is 0 Å². The molecular formula is C20H36N2. The summed E-state index contributed by atoms with van der Waals surface area (Å²) in [5.41, 5.74) is 2.65. The van der Waals surface area contributed by atoms with E-state index in [1.165, 1.54) is 49.2 Å². The predicted octanol–water partition coefficient (Wildman–Crippen LogP) is 5.50. The van der Waals surface area contributed by atoms with Gasteiger partial charge < -0.3 is 4.90 Å². The molecule has 1 aromatic rings. The van der Waals surface area contributed by atoms with Gasteiger partial charge in [-0.3, -0.25) is 0 Å². The summed E-state index contributed by atoms with van der Waals surface area (Å²) in [4.78, 5) is 7.08. The maximum atomic E-state index is 4.91. The van der Waals surface area contributed by atoms with Gasteiger partial charge in [0.1, 0.15) is 5.82 Å². The number of pyridine rings is 1. The number of aryl methyl sites for hydroxylation is 2. The van der Waals surface area contributed by atoms with Crippen molar-refractivity contribution >= 4 is 5.82 Å². The van der Waals surface area contributed by atoms with Gasteiger partial charge >= 0.3 is 0 Å². The van der Waals surface area contributed by atoms with E-state index in [9.17, 15) is 0 Å². The van der Waals surface area contributed by atoms with Crippen molar-refractivity contribution in [1.29, 1.82) is 0 Å². The van der Waals surface area contributed by atoms with Crippen molar-refractivity contribution in [1.82, 2.24) is 4.98 Å². The fourth-order valence-corrected chi connectivity index (χ4v) is 2.80. The number of rotatable bonds is 10. The molecule has 0 radical (unpaired) electrons. The third-order valence-electron chi connectivity index (χ3n) is 4.13. The second-order valence-corrected chi connectivity index (χ2v) is 7.61. The Labute approximate surface area is 138 Å². The molecule has 1 rings (SSSR count). The summed E-state index contributed by atoms with van der Waals surface area (Å²) >= 11 is 0. The average Bonchev–Trinajstić information content (AvgIpc) is 2.43. The smallest absolute Gasteiger partial charge is 0.131 e. The number of hydrogen-bond donors (Lipinski definition) is 0. The molecule has 0 aromatic carbocycles. The van der Waals surface area contributed by atoms with Gasteiger partial charge in [0.05, 0.1) is 0 Å². The van der Waals surface area contributed by atoms with Gasteiger partial charge in [-0.2, -0.15) is 0 Å². The summed E-state index contributed by atoms with van der Waals surface area (Å²) in [5.74, 6) is 2.77. The molecule has 0 spiro atoms. The van der Waals surface area contributed by atoms with E-state index in [1.54, 1.807) is 0 Å². The first kappa shape index (κ1) is 19.0. The van der Waals surface area contributed by atoms with Crippen LogP contribution in [0.3, 0.4) is 0 Å². The first-order chi connectivity index (χ1) is 10.4. The van der Waals surface area contributed by atoms with E-state index in [-0.39, 0.29) is 0 Å². The highest BCUT2D eigenvalue weighted by Crippen LogP contribution is 2.21. The molecule has 0 unspecified atom stereocenters. The first-order valence-corrected chi connectivity index (χ1v) is 9.06. The Balaban J connectivity index is 2.61. The van der Waals surface area contributed by atoms with Crippen molar-refractivity contribution in [3.8, 4) is 0 Å². The largest absolute Gasteiger partial charge is 0.363 e. The van der Waals surface area contributed by atoms with Crippen molar-refractivity contribution < 1.29 is 0 Å². The predicted molar refractivity (Wildman–Crippen MR) is 98.7 cm³/mol. The van der Waals surface area contributed by atoms with Crippen LogP contribution in [0.1, 0.15) is 71.1 Å². The summed E-state index contributed by atoms with van der Waals surface area (Å²) in [6, 6.07) is 4.55. The molecule has 0 saturated heterocycles. The van der Waals surface area contributed by atoms with E-state index in [2.05, 4.69) is 58.8 Å². The number of anilines is 1. The lowest BCUT2D eigenvalue weighted by atomic mass is 10.0. The number of hydrogen-bond acceptors (Lipinski definition) is 2. The highest BCUT2D eigenvalue weighted by atomic mass is 15.1. The fraction of sp³-hybridized carbons (Fsp3) is 0.750. The lowest BCUT2D eigenvalue weighted by Crippen LogP contribution is -2.14. The molecule has 22 heavy (non-hydrogen) atoms. The Morgan fingerprint density at radius 1 is 0.864 bits per heavy atom. The average molecular weight is 305 g/mol. The highest BCUT2D eigenvalue weighted by molar-refractivity contribution is 5.46. The van der Waals surface area contributed by atoms with Gasteiger partial charge in [0.15, 0.2) is 0 Å². The zero-order chi connectivity index (χ0) is 16.5. The minimum atomic E-state index is 0.786. The van der Waals surface area contributed by atoms with Gasteiger partial charge in [-0.1, -0.05) is 53.0 Å². The molecule has 0 amide bonds. The van der Waals surface area contributed by atoms with Crippen molar-refractivity contribution in [2.45, 2.75) is 72.6 Å². The highest BCUT2D eigenvalue weighted by Gasteiger charge is 2.08. The second-order valence-electron chi connectivity index (χ2n) is 7.61. The molecule has 0 aliphatic carbocycles. The summed E-state index contributed by atoms with van der Waals surface area (Å²) in [5, 5.41) is 0.